The molecule has 3 heterocycles. The van der Waals surface area contributed by atoms with Crippen LogP contribution in [0, 0.1) is 5.92 Å². The van der Waals surface area contributed by atoms with E-state index >= 15 is 0 Å². The van der Waals surface area contributed by atoms with Crippen LogP contribution in [-0.2, 0) is 16.1 Å². The first-order valence-corrected chi connectivity index (χ1v) is 10.4. The van der Waals surface area contributed by atoms with Crippen LogP contribution >= 0.6 is 0 Å². The monoisotopic (exact) mass is 409 g/mol. The Hall–Kier alpha value is -3.16. The summed E-state index contributed by atoms with van der Waals surface area (Å²) >= 11 is 0. The van der Waals surface area contributed by atoms with Gasteiger partial charge in [-0.1, -0.05) is 12.1 Å². The highest BCUT2D eigenvalue weighted by Crippen LogP contribution is 2.24. The van der Waals surface area contributed by atoms with E-state index in [1.165, 1.54) is 0 Å². The molecule has 0 N–H and O–H groups in total. The molecule has 2 saturated heterocycles. The Morgan fingerprint density at radius 3 is 2.63 bits per heavy atom. The number of hydrogen-bond acceptors (Lipinski definition) is 6. The summed E-state index contributed by atoms with van der Waals surface area (Å²) in [7, 11) is 1.63. The van der Waals surface area contributed by atoms with E-state index in [0.717, 1.165) is 24.4 Å². The Balaban J connectivity index is 1.34. The van der Waals surface area contributed by atoms with E-state index in [4.69, 9.17) is 4.74 Å². The molecule has 2 amide bonds. The molecule has 0 radical (unpaired) electrons. The molecule has 2 aliphatic heterocycles. The highest BCUT2D eigenvalue weighted by Gasteiger charge is 2.34. The number of hydrogen-bond donors (Lipinski definition) is 0. The smallest absolute Gasteiger partial charge is 0.227 e. The molecule has 2 aromatic rings. The molecule has 2 fully saturated rings. The molecule has 0 saturated carbocycles. The Morgan fingerprint density at radius 2 is 1.90 bits per heavy atom. The zero-order valence-electron chi connectivity index (χ0n) is 17.2. The number of benzene rings is 1. The lowest BCUT2D eigenvalue weighted by Crippen LogP contribution is -2.53. The number of methoxy groups -OCH3 is 1. The minimum atomic E-state index is -0.146. The molecule has 1 aromatic carbocycles. The summed E-state index contributed by atoms with van der Waals surface area (Å²) in [6.07, 6.45) is 4.50. The SMILES string of the molecule is COc1cccc(CN2C[C@H](C(=O)N3CCN(c4ncccn4)CC3)CCC2=O)c1. The maximum absolute atomic E-state index is 13.1. The second kappa shape index (κ2) is 9.11. The van der Waals surface area contributed by atoms with Crippen LogP contribution in [0.5, 0.6) is 5.75 Å². The summed E-state index contributed by atoms with van der Waals surface area (Å²) in [5.74, 6) is 1.58. The molecule has 0 bridgehead atoms. The summed E-state index contributed by atoms with van der Waals surface area (Å²) < 4.78 is 5.27. The van der Waals surface area contributed by atoms with Crippen molar-refractivity contribution < 1.29 is 14.3 Å². The molecule has 8 heteroatoms. The van der Waals surface area contributed by atoms with E-state index < -0.39 is 0 Å². The average molecular weight is 409 g/mol. The summed E-state index contributed by atoms with van der Waals surface area (Å²) in [5.41, 5.74) is 1.01. The molecule has 1 atom stereocenters. The van der Waals surface area contributed by atoms with Crippen molar-refractivity contribution >= 4 is 17.8 Å². The number of carbonyl (C=O) groups is 2. The molecule has 0 spiro atoms. The van der Waals surface area contributed by atoms with Gasteiger partial charge in [0.25, 0.3) is 0 Å². The number of carbonyl (C=O) groups excluding carboxylic acids is 2. The second-order valence-corrected chi connectivity index (χ2v) is 7.72. The van der Waals surface area contributed by atoms with Crippen molar-refractivity contribution in [2.45, 2.75) is 19.4 Å². The van der Waals surface area contributed by atoms with E-state index in [2.05, 4.69) is 14.9 Å². The van der Waals surface area contributed by atoms with Gasteiger partial charge in [0, 0.05) is 58.1 Å². The zero-order chi connectivity index (χ0) is 20.9. The van der Waals surface area contributed by atoms with Crippen LogP contribution in [0.15, 0.2) is 42.7 Å². The van der Waals surface area contributed by atoms with Crippen LogP contribution in [-0.4, -0.2) is 71.4 Å². The van der Waals surface area contributed by atoms with Crippen molar-refractivity contribution in [1.29, 1.82) is 0 Å². The quantitative estimate of drug-likeness (QED) is 0.746. The van der Waals surface area contributed by atoms with Gasteiger partial charge in [-0.05, 0) is 30.2 Å². The largest absolute Gasteiger partial charge is 0.497 e. The molecule has 0 aliphatic carbocycles. The average Bonchev–Trinajstić information content (AvgIpc) is 2.81. The van der Waals surface area contributed by atoms with E-state index in [9.17, 15) is 9.59 Å². The fourth-order valence-corrected chi connectivity index (χ4v) is 4.10. The van der Waals surface area contributed by atoms with Crippen LogP contribution in [0.3, 0.4) is 0 Å². The number of likely N-dealkylation sites (tertiary alicyclic amines) is 1. The second-order valence-electron chi connectivity index (χ2n) is 7.72. The number of amides is 2. The topological polar surface area (TPSA) is 78.9 Å². The molecule has 158 valence electrons. The molecule has 30 heavy (non-hydrogen) atoms. The van der Waals surface area contributed by atoms with E-state index in [1.807, 2.05) is 29.2 Å². The van der Waals surface area contributed by atoms with Gasteiger partial charge >= 0.3 is 0 Å². The minimum Gasteiger partial charge on any atom is -0.497 e. The third kappa shape index (κ3) is 4.53. The van der Waals surface area contributed by atoms with Crippen molar-refractivity contribution in [1.82, 2.24) is 19.8 Å². The lowest BCUT2D eigenvalue weighted by atomic mass is 9.95. The van der Waals surface area contributed by atoms with Crippen LogP contribution in [0.2, 0.25) is 0 Å². The van der Waals surface area contributed by atoms with E-state index in [1.54, 1.807) is 30.5 Å². The highest BCUT2D eigenvalue weighted by molar-refractivity contribution is 5.84. The summed E-state index contributed by atoms with van der Waals surface area (Å²) in [6, 6.07) is 9.51. The molecule has 1 aromatic heterocycles. The summed E-state index contributed by atoms with van der Waals surface area (Å²) in [4.78, 5) is 40.0. The standard InChI is InChI=1S/C22H27N5O3/c1-30-19-5-2-4-17(14-19)15-27-16-18(6-7-20(27)28)21(29)25-10-12-26(13-11-25)22-23-8-3-9-24-22/h2-5,8-9,14,18H,6-7,10-13,15-16H2,1H3/t18-/m1/s1. The van der Waals surface area contributed by atoms with Gasteiger partial charge < -0.3 is 19.4 Å². The van der Waals surface area contributed by atoms with Crippen molar-refractivity contribution in [3.05, 3.63) is 48.3 Å². The van der Waals surface area contributed by atoms with Gasteiger partial charge in [-0.2, -0.15) is 0 Å². The number of aromatic nitrogens is 2. The Kier molecular flexibility index (Phi) is 6.11. The lowest BCUT2D eigenvalue weighted by molar-refractivity contribution is -0.143. The fourth-order valence-electron chi connectivity index (χ4n) is 4.10. The predicted octanol–water partition coefficient (Wildman–Crippen LogP) is 1.57. The predicted molar refractivity (Wildman–Crippen MR) is 112 cm³/mol. The first-order valence-electron chi connectivity index (χ1n) is 10.4. The normalized spacial score (nSPS) is 19.7. The number of piperidine rings is 1. The van der Waals surface area contributed by atoms with E-state index in [-0.39, 0.29) is 17.7 Å². The maximum atomic E-state index is 13.1. The van der Waals surface area contributed by atoms with Gasteiger partial charge in [-0.15, -0.1) is 0 Å². The highest BCUT2D eigenvalue weighted by atomic mass is 16.5. The number of anilines is 1. The lowest BCUT2D eigenvalue weighted by Gasteiger charge is -2.39. The van der Waals surface area contributed by atoms with Crippen molar-refractivity contribution in [2.24, 2.45) is 5.92 Å². The summed E-state index contributed by atoms with van der Waals surface area (Å²) in [6.45, 7) is 3.70. The minimum absolute atomic E-state index is 0.105. The number of piperazine rings is 1. The molecule has 4 rings (SSSR count). The van der Waals surface area contributed by atoms with Crippen LogP contribution in [0.25, 0.3) is 0 Å². The van der Waals surface area contributed by atoms with Crippen molar-refractivity contribution in [3.63, 3.8) is 0 Å². The third-order valence-corrected chi connectivity index (χ3v) is 5.78. The van der Waals surface area contributed by atoms with Gasteiger partial charge in [0.15, 0.2) is 0 Å². The van der Waals surface area contributed by atoms with Gasteiger partial charge in [-0.25, -0.2) is 9.97 Å². The summed E-state index contributed by atoms with van der Waals surface area (Å²) in [5, 5.41) is 0. The molecule has 2 aliphatic rings. The van der Waals surface area contributed by atoms with E-state index in [0.29, 0.717) is 45.0 Å². The number of ether oxygens (including phenoxy) is 1. The Morgan fingerprint density at radius 1 is 1.13 bits per heavy atom. The number of rotatable bonds is 5. The van der Waals surface area contributed by atoms with Crippen LogP contribution in [0.1, 0.15) is 18.4 Å². The first-order chi connectivity index (χ1) is 14.6. The fraction of sp³-hybridized carbons (Fsp3) is 0.455. The molecule has 0 unspecified atom stereocenters. The third-order valence-electron chi connectivity index (χ3n) is 5.78. The van der Waals surface area contributed by atoms with Crippen LogP contribution in [0.4, 0.5) is 5.95 Å². The van der Waals surface area contributed by atoms with Crippen molar-refractivity contribution in [2.75, 3.05) is 44.7 Å². The van der Waals surface area contributed by atoms with Crippen LogP contribution < -0.4 is 9.64 Å². The van der Waals surface area contributed by atoms with Gasteiger partial charge in [0.2, 0.25) is 17.8 Å². The Labute approximate surface area is 176 Å². The van der Waals surface area contributed by atoms with Gasteiger partial charge in [-0.3, -0.25) is 9.59 Å². The maximum Gasteiger partial charge on any atom is 0.227 e. The molecular weight excluding hydrogens is 382 g/mol. The Bertz CT molecular complexity index is 883. The zero-order valence-corrected chi connectivity index (χ0v) is 17.2. The first kappa shape index (κ1) is 20.1. The molecule has 8 nitrogen and oxygen atoms in total. The van der Waals surface area contributed by atoms with Gasteiger partial charge in [0.05, 0.1) is 13.0 Å². The van der Waals surface area contributed by atoms with Crippen molar-refractivity contribution in [3.8, 4) is 5.75 Å². The van der Waals surface area contributed by atoms with Gasteiger partial charge in [0.1, 0.15) is 5.75 Å². The number of nitrogens with zero attached hydrogens (tertiary/aromatic N) is 5. The molecular formula is C22H27N5O3.